The Morgan fingerprint density at radius 1 is 1.75 bits per heavy atom. The van der Waals surface area contributed by atoms with E-state index in [9.17, 15) is 0 Å². The molecule has 0 saturated heterocycles. The minimum atomic E-state index is 0.233. The second-order valence-electron chi connectivity index (χ2n) is 1.88. The first kappa shape index (κ1) is 7.70. The van der Waals surface area contributed by atoms with E-state index in [0.717, 1.165) is 6.42 Å². The van der Waals surface area contributed by atoms with Crippen molar-refractivity contribution in [2.75, 3.05) is 6.61 Å². The third-order valence-electron chi connectivity index (χ3n) is 0.919. The fourth-order valence-corrected chi connectivity index (χ4v) is 0.389. The zero-order valence-corrected chi connectivity index (χ0v) is 5.30. The van der Waals surface area contributed by atoms with Gasteiger partial charge in [-0.05, 0) is 19.3 Å². The van der Waals surface area contributed by atoms with Crippen LogP contribution < -0.4 is 0 Å². The number of aliphatic hydroxyl groups is 1. The van der Waals surface area contributed by atoms with Crippen LogP contribution in [0.5, 0.6) is 0 Å². The van der Waals surface area contributed by atoms with Crippen LogP contribution in [0.15, 0.2) is 12.2 Å². The van der Waals surface area contributed by atoms with E-state index in [-0.39, 0.29) is 12.5 Å². The molecule has 47 valence electrons. The van der Waals surface area contributed by atoms with Crippen molar-refractivity contribution in [1.29, 1.82) is 0 Å². The highest BCUT2D eigenvalue weighted by Crippen LogP contribution is 1.94. The zero-order chi connectivity index (χ0) is 6.41. The van der Waals surface area contributed by atoms with Crippen molar-refractivity contribution < 1.29 is 5.11 Å². The summed E-state index contributed by atoms with van der Waals surface area (Å²) >= 11 is 0. The van der Waals surface area contributed by atoms with Gasteiger partial charge in [0, 0.05) is 6.61 Å². The molecule has 0 fully saturated rings. The molecule has 0 aliphatic heterocycles. The van der Waals surface area contributed by atoms with Crippen molar-refractivity contribution in [3.63, 3.8) is 0 Å². The Labute approximate surface area is 51.0 Å². The Bertz CT molecular complexity index is 66.8. The van der Waals surface area contributed by atoms with E-state index in [1.165, 1.54) is 0 Å². The Kier molecular flexibility index (Phi) is 4.67. The SMILES string of the molecule is [CH2]CC=CC(C)CO. The van der Waals surface area contributed by atoms with Crippen LogP contribution in [0.25, 0.3) is 0 Å². The molecule has 0 spiro atoms. The van der Waals surface area contributed by atoms with Gasteiger partial charge in [-0.25, -0.2) is 0 Å². The molecule has 1 N–H and O–H groups in total. The van der Waals surface area contributed by atoms with Crippen LogP contribution in [0.3, 0.4) is 0 Å². The summed E-state index contributed by atoms with van der Waals surface area (Å²) in [6, 6.07) is 0. The first-order chi connectivity index (χ1) is 3.81. The van der Waals surface area contributed by atoms with Crippen LogP contribution in [-0.2, 0) is 0 Å². The van der Waals surface area contributed by atoms with Gasteiger partial charge in [0.05, 0.1) is 0 Å². The van der Waals surface area contributed by atoms with Gasteiger partial charge in [0.1, 0.15) is 0 Å². The highest BCUT2D eigenvalue weighted by Gasteiger charge is 1.88. The van der Waals surface area contributed by atoms with E-state index in [2.05, 4.69) is 6.92 Å². The van der Waals surface area contributed by atoms with Gasteiger partial charge in [0.15, 0.2) is 0 Å². The predicted octanol–water partition coefficient (Wildman–Crippen LogP) is 1.40. The summed E-state index contributed by atoms with van der Waals surface area (Å²) < 4.78 is 0. The maximum absolute atomic E-state index is 8.49. The quantitative estimate of drug-likeness (QED) is 0.548. The smallest absolute Gasteiger partial charge is 0.0491 e. The summed E-state index contributed by atoms with van der Waals surface area (Å²) in [5.74, 6) is 0.289. The van der Waals surface area contributed by atoms with E-state index in [1.807, 2.05) is 19.1 Å². The lowest BCUT2D eigenvalue weighted by Gasteiger charge is -1.96. The van der Waals surface area contributed by atoms with Gasteiger partial charge in [-0.2, -0.15) is 0 Å². The van der Waals surface area contributed by atoms with Crippen molar-refractivity contribution in [2.24, 2.45) is 5.92 Å². The second-order valence-corrected chi connectivity index (χ2v) is 1.88. The average Bonchev–Trinajstić information content (AvgIpc) is 1.83. The molecular formula is C7H13O. The Hall–Kier alpha value is -0.300. The van der Waals surface area contributed by atoms with E-state index < -0.39 is 0 Å². The molecular weight excluding hydrogens is 100 g/mol. The molecule has 0 aromatic carbocycles. The highest BCUT2D eigenvalue weighted by atomic mass is 16.3. The fraction of sp³-hybridized carbons (Fsp3) is 0.571. The van der Waals surface area contributed by atoms with Crippen molar-refractivity contribution in [3.8, 4) is 0 Å². The molecule has 0 aliphatic carbocycles. The van der Waals surface area contributed by atoms with Gasteiger partial charge in [-0.3, -0.25) is 0 Å². The van der Waals surface area contributed by atoms with Gasteiger partial charge < -0.3 is 5.11 Å². The molecule has 0 rings (SSSR count). The Balaban J connectivity index is 3.21. The number of hydrogen-bond donors (Lipinski definition) is 1. The number of allylic oxidation sites excluding steroid dienone is 1. The van der Waals surface area contributed by atoms with E-state index in [1.54, 1.807) is 0 Å². The molecule has 0 aliphatic rings. The van der Waals surface area contributed by atoms with Gasteiger partial charge in [-0.1, -0.05) is 19.1 Å². The molecule has 1 radical (unpaired) electrons. The van der Waals surface area contributed by atoms with Gasteiger partial charge in [-0.15, -0.1) is 0 Å². The molecule has 0 heterocycles. The average molecular weight is 113 g/mol. The third kappa shape index (κ3) is 3.88. The normalized spacial score (nSPS) is 14.9. The van der Waals surface area contributed by atoms with Gasteiger partial charge in [0.25, 0.3) is 0 Å². The molecule has 0 saturated carbocycles. The van der Waals surface area contributed by atoms with Crippen molar-refractivity contribution in [3.05, 3.63) is 19.1 Å². The standard InChI is InChI=1S/C7H13O/c1-3-4-5-7(2)6-8/h4-5,7-8H,1,3,6H2,2H3. The first-order valence-electron chi connectivity index (χ1n) is 2.88. The Morgan fingerprint density at radius 2 is 2.38 bits per heavy atom. The molecule has 1 heteroatoms. The second kappa shape index (κ2) is 4.85. The topological polar surface area (TPSA) is 20.2 Å². The van der Waals surface area contributed by atoms with Crippen LogP contribution in [-0.4, -0.2) is 11.7 Å². The summed E-state index contributed by atoms with van der Waals surface area (Å²) in [7, 11) is 0. The van der Waals surface area contributed by atoms with Crippen LogP contribution in [0.1, 0.15) is 13.3 Å². The lowest BCUT2D eigenvalue weighted by molar-refractivity contribution is 0.262. The summed E-state index contributed by atoms with van der Waals surface area (Å²) in [6.07, 6.45) is 4.73. The van der Waals surface area contributed by atoms with E-state index in [4.69, 9.17) is 5.11 Å². The number of aliphatic hydroxyl groups excluding tert-OH is 1. The lowest BCUT2D eigenvalue weighted by Crippen LogP contribution is -1.94. The molecule has 1 atom stereocenters. The van der Waals surface area contributed by atoms with E-state index in [0.29, 0.717) is 0 Å². The monoisotopic (exact) mass is 113 g/mol. The summed E-state index contributed by atoms with van der Waals surface area (Å²) in [5.41, 5.74) is 0. The van der Waals surface area contributed by atoms with Gasteiger partial charge in [0.2, 0.25) is 0 Å². The zero-order valence-electron chi connectivity index (χ0n) is 5.30. The number of rotatable bonds is 3. The minimum Gasteiger partial charge on any atom is -0.396 e. The third-order valence-corrected chi connectivity index (χ3v) is 0.919. The predicted molar refractivity (Wildman–Crippen MR) is 35.4 cm³/mol. The van der Waals surface area contributed by atoms with Crippen LogP contribution in [0.2, 0.25) is 0 Å². The van der Waals surface area contributed by atoms with E-state index >= 15 is 0 Å². The van der Waals surface area contributed by atoms with Crippen LogP contribution >= 0.6 is 0 Å². The van der Waals surface area contributed by atoms with Crippen molar-refractivity contribution >= 4 is 0 Å². The fourth-order valence-electron chi connectivity index (χ4n) is 0.389. The van der Waals surface area contributed by atoms with Crippen LogP contribution in [0.4, 0.5) is 0 Å². The molecule has 0 amide bonds. The first-order valence-corrected chi connectivity index (χ1v) is 2.88. The Morgan fingerprint density at radius 3 is 2.75 bits per heavy atom. The molecule has 1 unspecified atom stereocenters. The maximum atomic E-state index is 8.49. The lowest BCUT2D eigenvalue weighted by atomic mass is 10.2. The van der Waals surface area contributed by atoms with Crippen molar-refractivity contribution in [1.82, 2.24) is 0 Å². The summed E-state index contributed by atoms with van der Waals surface area (Å²) in [4.78, 5) is 0. The molecule has 0 aromatic heterocycles. The highest BCUT2D eigenvalue weighted by molar-refractivity contribution is 4.86. The van der Waals surface area contributed by atoms with Crippen molar-refractivity contribution in [2.45, 2.75) is 13.3 Å². The molecule has 1 nitrogen and oxygen atoms in total. The maximum Gasteiger partial charge on any atom is 0.0491 e. The molecule has 8 heavy (non-hydrogen) atoms. The molecule has 0 bridgehead atoms. The summed E-state index contributed by atoms with van der Waals surface area (Å²) in [6.45, 7) is 5.82. The van der Waals surface area contributed by atoms with Crippen LogP contribution in [0, 0.1) is 12.8 Å². The largest absolute Gasteiger partial charge is 0.396 e. The van der Waals surface area contributed by atoms with Gasteiger partial charge >= 0.3 is 0 Å². The summed E-state index contributed by atoms with van der Waals surface area (Å²) in [5, 5.41) is 8.49. The minimum absolute atomic E-state index is 0.233. The number of hydrogen-bond acceptors (Lipinski definition) is 1. The molecule has 0 aromatic rings.